The van der Waals surface area contributed by atoms with Gasteiger partial charge in [-0.3, -0.25) is 14.3 Å². The Balaban J connectivity index is 1.41. The zero-order valence-corrected chi connectivity index (χ0v) is 19.5. The van der Waals surface area contributed by atoms with Crippen LogP contribution in [0.5, 0.6) is 0 Å². The highest BCUT2D eigenvalue weighted by Gasteiger charge is 2.29. The smallest absolute Gasteiger partial charge is 0.208 e. The Bertz CT molecular complexity index is 1170. The number of nitrogens with one attached hydrogen (secondary N) is 1. The average molecular weight is 461 g/mol. The van der Waals surface area contributed by atoms with E-state index in [9.17, 15) is 4.79 Å². The highest BCUT2D eigenvalue weighted by Crippen LogP contribution is 2.39. The van der Waals surface area contributed by atoms with Crippen LogP contribution in [0.25, 0.3) is 16.7 Å². The van der Waals surface area contributed by atoms with E-state index >= 15 is 0 Å². The number of piperidine rings is 1. The Labute approximate surface area is 191 Å². The van der Waals surface area contributed by atoms with Crippen molar-refractivity contribution in [2.24, 2.45) is 5.92 Å². The summed E-state index contributed by atoms with van der Waals surface area (Å²) >= 11 is 13.0. The lowest BCUT2D eigenvalue weighted by Crippen LogP contribution is -2.42. The van der Waals surface area contributed by atoms with E-state index < -0.39 is 0 Å². The molecule has 1 fully saturated rings. The number of carbonyl (C=O) groups excluding carboxylic acids is 1. The molecule has 7 nitrogen and oxygen atoms in total. The van der Waals surface area contributed by atoms with Crippen molar-refractivity contribution in [1.29, 1.82) is 0 Å². The van der Waals surface area contributed by atoms with Crippen LogP contribution in [0.15, 0.2) is 12.1 Å². The van der Waals surface area contributed by atoms with Crippen molar-refractivity contribution in [3.8, 4) is 5.69 Å². The van der Waals surface area contributed by atoms with E-state index in [0.717, 1.165) is 60.0 Å². The van der Waals surface area contributed by atoms with E-state index in [4.69, 9.17) is 28.2 Å². The summed E-state index contributed by atoms with van der Waals surface area (Å²) in [6, 6.07) is 4.13. The summed E-state index contributed by atoms with van der Waals surface area (Å²) in [5, 5.41) is 4.71. The van der Waals surface area contributed by atoms with Crippen molar-refractivity contribution in [3.63, 3.8) is 0 Å². The fourth-order valence-corrected chi connectivity index (χ4v) is 5.12. The lowest BCUT2D eigenvalue weighted by Gasteiger charge is -2.32. The summed E-state index contributed by atoms with van der Waals surface area (Å²) in [5.74, 6) is 1.25. The van der Waals surface area contributed by atoms with Gasteiger partial charge in [0.25, 0.3) is 0 Å². The minimum atomic E-state index is 0.0905. The first-order valence-electron chi connectivity index (χ1n) is 10.8. The second-order valence-corrected chi connectivity index (χ2v) is 9.59. The van der Waals surface area contributed by atoms with Crippen LogP contribution < -0.4 is 5.32 Å². The maximum absolute atomic E-state index is 12.1. The molecule has 0 amide bonds. The van der Waals surface area contributed by atoms with Gasteiger partial charge in [-0.05, 0) is 43.5 Å². The van der Waals surface area contributed by atoms with Crippen LogP contribution in [0.2, 0.25) is 10.3 Å². The van der Waals surface area contributed by atoms with Crippen molar-refractivity contribution in [3.05, 3.63) is 33.8 Å². The number of hydrogen-bond acceptors (Lipinski definition) is 5. The van der Waals surface area contributed by atoms with E-state index in [1.54, 1.807) is 0 Å². The molecule has 164 valence electrons. The minimum absolute atomic E-state index is 0.0905. The van der Waals surface area contributed by atoms with Crippen LogP contribution >= 0.6 is 23.2 Å². The quantitative estimate of drug-likeness (QED) is 0.480. The van der Waals surface area contributed by atoms with Crippen molar-refractivity contribution < 1.29 is 4.79 Å². The molecular weight excluding hydrogens is 435 g/mol. The highest BCUT2D eigenvalue weighted by atomic mass is 35.5. The molecule has 0 radical (unpaired) electrons. The Morgan fingerprint density at radius 1 is 1.23 bits per heavy atom. The summed E-state index contributed by atoms with van der Waals surface area (Å²) in [6.07, 6.45) is 1.95. The Kier molecular flexibility index (Phi) is 5.23. The predicted molar refractivity (Wildman–Crippen MR) is 124 cm³/mol. The van der Waals surface area contributed by atoms with Crippen molar-refractivity contribution >= 4 is 46.0 Å². The van der Waals surface area contributed by atoms with Crippen LogP contribution in [0.1, 0.15) is 38.1 Å². The number of rotatable bonds is 5. The molecule has 1 saturated heterocycles. The van der Waals surface area contributed by atoms with Crippen LogP contribution in [0.4, 0.5) is 5.95 Å². The number of halogens is 2. The van der Waals surface area contributed by atoms with Gasteiger partial charge in [0.15, 0.2) is 0 Å². The third-order valence-electron chi connectivity index (χ3n) is 6.44. The molecule has 1 N–H and O–H groups in total. The molecule has 4 heterocycles. The lowest BCUT2D eigenvalue weighted by atomic mass is 10.0. The molecule has 0 bridgehead atoms. The van der Waals surface area contributed by atoms with E-state index in [1.165, 1.54) is 0 Å². The molecule has 0 atom stereocenters. The number of aromatic nitrogens is 4. The number of benzene rings is 1. The van der Waals surface area contributed by atoms with Gasteiger partial charge in [0.2, 0.25) is 11.2 Å². The van der Waals surface area contributed by atoms with E-state index in [1.807, 2.05) is 37.5 Å². The maximum Gasteiger partial charge on any atom is 0.208 e. The molecule has 0 saturated carbocycles. The number of Topliss-reactive ketones (excluding diaryl/α,β-unsaturated/α-hetero) is 1. The number of hydrogen-bond donors (Lipinski definition) is 1. The Morgan fingerprint density at radius 2 is 1.97 bits per heavy atom. The number of fused-ring (bicyclic) bond motifs is 2. The molecular formula is C22H26Cl2N6O. The van der Waals surface area contributed by atoms with Gasteiger partial charge in [-0.25, -0.2) is 9.97 Å². The molecule has 0 aliphatic carbocycles. The fraction of sp³-hybridized carbons (Fsp3) is 0.500. The summed E-state index contributed by atoms with van der Waals surface area (Å²) in [5.41, 5.74) is 4.62. The first-order valence-corrected chi connectivity index (χ1v) is 11.5. The van der Waals surface area contributed by atoms with Crippen LogP contribution in [0.3, 0.4) is 0 Å². The molecule has 3 aromatic rings. The van der Waals surface area contributed by atoms with Crippen LogP contribution in [0, 0.1) is 12.8 Å². The summed E-state index contributed by atoms with van der Waals surface area (Å²) in [7, 11) is 0. The van der Waals surface area contributed by atoms with Gasteiger partial charge in [-0.2, -0.15) is 0 Å². The zero-order chi connectivity index (χ0) is 21.9. The molecule has 1 aromatic carbocycles. The van der Waals surface area contributed by atoms with Crippen LogP contribution in [-0.2, 0) is 11.3 Å². The van der Waals surface area contributed by atoms with Gasteiger partial charge in [0.1, 0.15) is 5.78 Å². The molecule has 0 spiro atoms. The number of carbonyl (C=O) groups is 1. The number of imidazole rings is 2. The fourth-order valence-electron chi connectivity index (χ4n) is 4.57. The number of anilines is 1. The minimum Gasteiger partial charge on any atom is -0.353 e. The highest BCUT2D eigenvalue weighted by molar-refractivity contribution is 6.34. The van der Waals surface area contributed by atoms with E-state index in [0.29, 0.717) is 35.2 Å². The van der Waals surface area contributed by atoms with Gasteiger partial charge in [-0.1, -0.05) is 25.4 Å². The maximum atomic E-state index is 12.1. The zero-order valence-electron chi connectivity index (χ0n) is 18.0. The SMILES string of the molecule is Cc1nc(Cl)n2c1Cn1c(NC3CCN(CC(=O)C(C)C)CC3)nc3ccc(Cl)c-2c31. The van der Waals surface area contributed by atoms with Gasteiger partial charge < -0.3 is 9.88 Å². The van der Waals surface area contributed by atoms with Crippen molar-refractivity contribution in [2.45, 2.75) is 46.2 Å². The first-order chi connectivity index (χ1) is 14.8. The number of ketones is 1. The lowest BCUT2D eigenvalue weighted by molar-refractivity contribution is -0.123. The van der Waals surface area contributed by atoms with Crippen molar-refractivity contribution in [1.82, 2.24) is 24.0 Å². The number of likely N-dealkylation sites (tertiary alicyclic amines) is 1. The summed E-state index contributed by atoms with van der Waals surface area (Å²) in [4.78, 5) is 23.7. The standard InChI is InChI=1S/C22H26Cl2N6O/c1-12(2)18(31)11-28-8-6-14(7-9-28)26-22-27-16-5-4-15(23)19-20(16)29(22)10-17-13(3)25-21(24)30(17)19/h4-5,12,14H,6-11H2,1-3H3,(H,26,27). The number of aryl methyl sites for hydroxylation is 1. The van der Waals surface area contributed by atoms with Crippen LogP contribution in [-0.4, -0.2) is 55.5 Å². The van der Waals surface area contributed by atoms with Gasteiger partial charge in [0, 0.05) is 25.0 Å². The monoisotopic (exact) mass is 460 g/mol. The molecule has 2 aliphatic heterocycles. The third kappa shape index (κ3) is 3.52. The van der Waals surface area contributed by atoms with Gasteiger partial charge in [0.05, 0.1) is 46.2 Å². The summed E-state index contributed by atoms with van der Waals surface area (Å²) in [6.45, 7) is 8.91. The largest absolute Gasteiger partial charge is 0.353 e. The number of nitrogens with zero attached hydrogens (tertiary/aromatic N) is 5. The predicted octanol–water partition coefficient (Wildman–Crippen LogP) is 4.30. The molecule has 5 rings (SSSR count). The average Bonchev–Trinajstić information content (AvgIpc) is 3.23. The molecule has 0 unspecified atom stereocenters. The summed E-state index contributed by atoms with van der Waals surface area (Å²) < 4.78 is 4.13. The van der Waals surface area contributed by atoms with E-state index in [2.05, 4.69) is 19.8 Å². The third-order valence-corrected chi connectivity index (χ3v) is 7.00. The topological polar surface area (TPSA) is 68.0 Å². The normalized spacial score (nSPS) is 16.8. The second kappa shape index (κ2) is 7.80. The molecule has 2 aromatic heterocycles. The first kappa shape index (κ1) is 20.8. The second-order valence-electron chi connectivity index (χ2n) is 8.85. The molecule has 2 aliphatic rings. The van der Waals surface area contributed by atoms with E-state index in [-0.39, 0.29) is 5.92 Å². The Hall–Kier alpha value is -2.09. The van der Waals surface area contributed by atoms with Crippen molar-refractivity contribution in [2.75, 3.05) is 25.0 Å². The Morgan fingerprint density at radius 3 is 2.68 bits per heavy atom. The molecule has 9 heteroatoms. The van der Waals surface area contributed by atoms with Gasteiger partial charge >= 0.3 is 0 Å². The van der Waals surface area contributed by atoms with Gasteiger partial charge in [-0.15, -0.1) is 0 Å². The molecule has 31 heavy (non-hydrogen) atoms.